The van der Waals surface area contributed by atoms with Crippen LogP contribution in [0, 0.1) is 0 Å². The number of anilines is 1. The summed E-state index contributed by atoms with van der Waals surface area (Å²) < 4.78 is 45.0. The van der Waals surface area contributed by atoms with Crippen molar-refractivity contribution in [2.45, 2.75) is 6.18 Å². The third-order valence-corrected chi connectivity index (χ3v) is 4.11. The quantitative estimate of drug-likeness (QED) is 0.489. The molecule has 0 unspecified atom stereocenters. The van der Waals surface area contributed by atoms with Crippen LogP contribution in [-0.2, 0) is 6.18 Å². The molecule has 0 atom stereocenters. The van der Waals surface area contributed by atoms with Crippen molar-refractivity contribution in [3.8, 4) is 0 Å². The first-order valence-corrected chi connectivity index (χ1v) is 7.82. The summed E-state index contributed by atoms with van der Waals surface area (Å²) in [5, 5.41) is 4.31. The number of nitrogens with one attached hydrogen (secondary N) is 1. The first-order valence-electron chi connectivity index (χ1n) is 7.82. The van der Waals surface area contributed by atoms with E-state index in [-0.39, 0.29) is 0 Å². The van der Waals surface area contributed by atoms with Gasteiger partial charge in [-0.05, 0) is 30.3 Å². The lowest BCUT2D eigenvalue weighted by Gasteiger charge is -2.12. The number of rotatable bonds is 2. The van der Waals surface area contributed by atoms with Gasteiger partial charge in [-0.2, -0.15) is 13.2 Å². The maximum Gasteiger partial charge on any atom is 0.417 e. The smallest absolute Gasteiger partial charge is 0.417 e. The predicted octanol–water partition coefficient (Wildman–Crippen LogP) is 5.86. The molecule has 6 heteroatoms. The SMILES string of the molecule is O=C(Nc1ccc2c(c1)oc1ccccc12)c1ccccc1C(F)(F)F. The zero-order valence-electron chi connectivity index (χ0n) is 13.3. The summed E-state index contributed by atoms with van der Waals surface area (Å²) in [6.07, 6.45) is -4.60. The molecular weight excluding hydrogens is 343 g/mol. The van der Waals surface area contributed by atoms with Crippen LogP contribution in [0.25, 0.3) is 21.9 Å². The summed E-state index contributed by atoms with van der Waals surface area (Å²) in [5.41, 5.74) is 0.215. The molecule has 0 bridgehead atoms. The third kappa shape index (κ3) is 2.79. The molecule has 0 aliphatic rings. The van der Waals surface area contributed by atoms with Gasteiger partial charge in [-0.15, -0.1) is 0 Å². The van der Waals surface area contributed by atoms with E-state index < -0.39 is 23.2 Å². The van der Waals surface area contributed by atoms with Crippen LogP contribution in [-0.4, -0.2) is 5.91 Å². The number of amides is 1. The number of furan rings is 1. The van der Waals surface area contributed by atoms with Crippen LogP contribution in [0.2, 0.25) is 0 Å². The summed E-state index contributed by atoms with van der Waals surface area (Å²) in [6, 6.07) is 17.2. The monoisotopic (exact) mass is 355 g/mol. The first-order chi connectivity index (χ1) is 12.4. The summed E-state index contributed by atoms with van der Waals surface area (Å²) in [7, 11) is 0. The van der Waals surface area contributed by atoms with Gasteiger partial charge < -0.3 is 9.73 Å². The fraction of sp³-hybridized carbons (Fsp3) is 0.0500. The maximum atomic E-state index is 13.1. The molecule has 1 amide bonds. The minimum Gasteiger partial charge on any atom is -0.456 e. The van der Waals surface area contributed by atoms with Crippen molar-refractivity contribution < 1.29 is 22.4 Å². The molecule has 0 spiro atoms. The van der Waals surface area contributed by atoms with Crippen LogP contribution in [0.5, 0.6) is 0 Å². The van der Waals surface area contributed by atoms with E-state index in [0.717, 1.165) is 22.9 Å². The van der Waals surface area contributed by atoms with Gasteiger partial charge in [-0.1, -0.05) is 30.3 Å². The normalized spacial score (nSPS) is 11.8. The van der Waals surface area contributed by atoms with Crippen LogP contribution < -0.4 is 5.32 Å². The van der Waals surface area contributed by atoms with Gasteiger partial charge >= 0.3 is 6.18 Å². The fourth-order valence-corrected chi connectivity index (χ4v) is 2.93. The molecule has 4 rings (SSSR count). The zero-order valence-corrected chi connectivity index (χ0v) is 13.3. The zero-order chi connectivity index (χ0) is 18.3. The molecule has 3 nitrogen and oxygen atoms in total. The molecule has 3 aromatic carbocycles. The molecule has 4 aromatic rings. The van der Waals surface area contributed by atoms with Gasteiger partial charge in [0.15, 0.2) is 0 Å². The Labute approximate surface area is 146 Å². The Bertz CT molecular complexity index is 1130. The van der Waals surface area contributed by atoms with Crippen molar-refractivity contribution in [1.82, 2.24) is 0 Å². The second-order valence-electron chi connectivity index (χ2n) is 5.81. The van der Waals surface area contributed by atoms with Gasteiger partial charge in [-0.25, -0.2) is 0 Å². The average Bonchev–Trinajstić information content (AvgIpc) is 2.98. The lowest BCUT2D eigenvalue weighted by atomic mass is 10.1. The van der Waals surface area contributed by atoms with E-state index in [9.17, 15) is 18.0 Å². The highest BCUT2D eigenvalue weighted by atomic mass is 19.4. The lowest BCUT2D eigenvalue weighted by Crippen LogP contribution is -2.18. The topological polar surface area (TPSA) is 42.2 Å². The Morgan fingerprint density at radius 3 is 2.35 bits per heavy atom. The van der Waals surface area contributed by atoms with Gasteiger partial charge in [0.25, 0.3) is 5.91 Å². The third-order valence-electron chi connectivity index (χ3n) is 4.11. The molecule has 0 fully saturated rings. The Kier molecular flexibility index (Phi) is 3.68. The minimum absolute atomic E-state index is 0.360. The number of carbonyl (C=O) groups is 1. The largest absolute Gasteiger partial charge is 0.456 e. The highest BCUT2D eigenvalue weighted by Gasteiger charge is 2.34. The number of halogens is 3. The van der Waals surface area contributed by atoms with E-state index in [0.29, 0.717) is 16.9 Å². The predicted molar refractivity (Wildman–Crippen MR) is 93.1 cm³/mol. The Hall–Kier alpha value is -3.28. The van der Waals surface area contributed by atoms with Crippen LogP contribution in [0.4, 0.5) is 18.9 Å². The van der Waals surface area contributed by atoms with Gasteiger partial charge in [-0.3, -0.25) is 4.79 Å². The molecule has 0 aliphatic carbocycles. The molecule has 0 saturated carbocycles. The van der Waals surface area contributed by atoms with E-state index in [4.69, 9.17) is 4.42 Å². The van der Waals surface area contributed by atoms with E-state index in [1.807, 2.05) is 24.3 Å². The Morgan fingerprint density at radius 1 is 0.846 bits per heavy atom. The number of hydrogen-bond donors (Lipinski definition) is 1. The number of benzene rings is 3. The van der Waals surface area contributed by atoms with E-state index >= 15 is 0 Å². The number of hydrogen-bond acceptors (Lipinski definition) is 2. The molecule has 1 heterocycles. The molecule has 0 radical (unpaired) electrons. The van der Waals surface area contributed by atoms with Gasteiger partial charge in [0.2, 0.25) is 0 Å². The number of alkyl halides is 3. The number of para-hydroxylation sites is 1. The fourth-order valence-electron chi connectivity index (χ4n) is 2.93. The Balaban J connectivity index is 1.69. The van der Waals surface area contributed by atoms with Crippen molar-refractivity contribution in [3.05, 3.63) is 77.9 Å². The highest BCUT2D eigenvalue weighted by Crippen LogP contribution is 2.33. The molecule has 1 N–H and O–H groups in total. The van der Waals surface area contributed by atoms with Crippen LogP contribution >= 0.6 is 0 Å². The molecular formula is C20H12F3NO2. The molecule has 1 aromatic heterocycles. The van der Waals surface area contributed by atoms with Crippen LogP contribution in [0.1, 0.15) is 15.9 Å². The van der Waals surface area contributed by atoms with E-state index in [1.165, 1.54) is 12.1 Å². The van der Waals surface area contributed by atoms with Crippen molar-refractivity contribution in [2.75, 3.05) is 5.32 Å². The van der Waals surface area contributed by atoms with Crippen molar-refractivity contribution in [3.63, 3.8) is 0 Å². The summed E-state index contributed by atoms with van der Waals surface area (Å²) in [4.78, 5) is 12.3. The minimum atomic E-state index is -4.60. The van der Waals surface area contributed by atoms with Crippen molar-refractivity contribution in [1.29, 1.82) is 0 Å². The molecule has 0 saturated heterocycles. The molecule has 130 valence electrons. The number of fused-ring (bicyclic) bond motifs is 3. The van der Waals surface area contributed by atoms with E-state index in [1.54, 1.807) is 18.2 Å². The Morgan fingerprint density at radius 2 is 1.54 bits per heavy atom. The first kappa shape index (κ1) is 16.2. The summed E-state index contributed by atoms with van der Waals surface area (Å²) in [5.74, 6) is -0.826. The van der Waals surface area contributed by atoms with Crippen LogP contribution in [0.15, 0.2) is 71.1 Å². The van der Waals surface area contributed by atoms with Gasteiger partial charge in [0.1, 0.15) is 11.2 Å². The van der Waals surface area contributed by atoms with Gasteiger partial charge in [0.05, 0.1) is 11.1 Å². The summed E-state index contributed by atoms with van der Waals surface area (Å²) in [6.45, 7) is 0. The van der Waals surface area contributed by atoms with Gasteiger partial charge in [0, 0.05) is 22.5 Å². The van der Waals surface area contributed by atoms with Crippen molar-refractivity contribution in [2.24, 2.45) is 0 Å². The second kappa shape index (κ2) is 5.91. The highest BCUT2D eigenvalue weighted by molar-refractivity contribution is 6.09. The second-order valence-corrected chi connectivity index (χ2v) is 5.81. The maximum absolute atomic E-state index is 13.1. The van der Waals surface area contributed by atoms with Crippen molar-refractivity contribution >= 4 is 33.5 Å². The lowest BCUT2D eigenvalue weighted by molar-refractivity contribution is -0.137. The number of carbonyl (C=O) groups excluding carboxylic acids is 1. The standard InChI is InChI=1S/C20H12F3NO2/c21-20(22,23)16-7-3-1-6-15(16)19(25)24-12-9-10-14-13-5-2-4-8-17(13)26-18(14)11-12/h1-11H,(H,24,25). The molecule has 0 aliphatic heterocycles. The molecule has 26 heavy (non-hydrogen) atoms. The van der Waals surface area contributed by atoms with E-state index in [2.05, 4.69) is 5.32 Å². The summed E-state index contributed by atoms with van der Waals surface area (Å²) >= 11 is 0. The average molecular weight is 355 g/mol. The van der Waals surface area contributed by atoms with Crippen LogP contribution in [0.3, 0.4) is 0 Å².